The summed E-state index contributed by atoms with van der Waals surface area (Å²) in [5.74, 6) is -1.01. The zero-order valence-electron chi connectivity index (χ0n) is 9.43. The highest BCUT2D eigenvalue weighted by atomic mass is 35.5. The monoisotopic (exact) mass is 260 g/mol. The van der Waals surface area contributed by atoms with Gasteiger partial charge in [0.2, 0.25) is 6.43 Å². The van der Waals surface area contributed by atoms with E-state index in [1.807, 2.05) is 0 Å². The minimum atomic E-state index is -2.50. The smallest absolute Gasteiger partial charge is 0.246 e. The van der Waals surface area contributed by atoms with Gasteiger partial charge in [0, 0.05) is 12.2 Å². The number of alkyl halides is 2. The lowest BCUT2D eigenvalue weighted by Gasteiger charge is -2.20. The largest absolute Gasteiger partial charge is 0.330 e. The molecule has 2 nitrogen and oxygen atoms in total. The van der Waals surface area contributed by atoms with Gasteiger partial charge in [-0.1, -0.05) is 17.7 Å². The van der Waals surface area contributed by atoms with Crippen molar-refractivity contribution in [2.45, 2.75) is 38.0 Å². The van der Waals surface area contributed by atoms with Crippen molar-refractivity contribution >= 4 is 11.6 Å². The first kappa shape index (κ1) is 12.7. The quantitative estimate of drug-likeness (QED) is 0.849. The van der Waals surface area contributed by atoms with Crippen molar-refractivity contribution in [2.24, 2.45) is 5.73 Å². The first-order chi connectivity index (χ1) is 8.13. The number of rotatable bonds is 3. The van der Waals surface area contributed by atoms with E-state index in [4.69, 9.17) is 17.3 Å². The van der Waals surface area contributed by atoms with E-state index in [0.717, 1.165) is 36.9 Å². The average molecular weight is 261 g/mol. The summed E-state index contributed by atoms with van der Waals surface area (Å²) in [7, 11) is 0. The summed E-state index contributed by atoms with van der Waals surface area (Å²) in [6, 6.07) is 1.77. The second kappa shape index (κ2) is 5.27. The van der Waals surface area contributed by atoms with Gasteiger partial charge < -0.3 is 5.73 Å². The first-order valence-electron chi connectivity index (χ1n) is 5.80. The van der Waals surface area contributed by atoms with Crippen LogP contribution in [0, 0.1) is 0 Å². The summed E-state index contributed by atoms with van der Waals surface area (Å²) >= 11 is 5.98. The number of fused-ring (bicyclic) bond motifs is 1. The third-order valence-corrected chi connectivity index (χ3v) is 3.54. The van der Waals surface area contributed by atoms with E-state index in [2.05, 4.69) is 4.98 Å². The second-order valence-electron chi connectivity index (χ2n) is 4.36. The number of halogens is 3. The lowest BCUT2D eigenvalue weighted by molar-refractivity contribution is 0.117. The molecule has 1 aromatic rings. The fourth-order valence-electron chi connectivity index (χ4n) is 2.25. The first-order valence-corrected chi connectivity index (χ1v) is 6.17. The Kier molecular flexibility index (Phi) is 3.94. The molecule has 1 aromatic heterocycles. The number of aryl methyl sites for hydroxylation is 2. The predicted octanol–water partition coefficient (Wildman–Crippen LogP) is 2.92. The maximum atomic E-state index is 12.8. The van der Waals surface area contributed by atoms with Crippen molar-refractivity contribution < 1.29 is 8.78 Å². The van der Waals surface area contributed by atoms with Crippen LogP contribution in [-0.4, -0.2) is 18.0 Å². The third kappa shape index (κ3) is 2.58. The molecule has 0 fully saturated rings. The molecule has 1 heterocycles. The highest BCUT2D eigenvalue weighted by molar-refractivity contribution is 6.30. The van der Waals surface area contributed by atoms with Crippen LogP contribution in [0.2, 0.25) is 5.15 Å². The van der Waals surface area contributed by atoms with Crippen LogP contribution in [0.4, 0.5) is 8.78 Å². The van der Waals surface area contributed by atoms with Crippen LogP contribution in [0.1, 0.15) is 35.6 Å². The van der Waals surface area contributed by atoms with Gasteiger partial charge in [-0.15, -0.1) is 0 Å². The molecule has 2 rings (SSSR count). The lowest BCUT2D eigenvalue weighted by atomic mass is 9.92. The molecule has 0 amide bonds. The lowest BCUT2D eigenvalue weighted by Crippen LogP contribution is -2.21. The van der Waals surface area contributed by atoms with Crippen LogP contribution in [-0.2, 0) is 12.8 Å². The van der Waals surface area contributed by atoms with Gasteiger partial charge in [-0.3, -0.25) is 0 Å². The summed E-state index contributed by atoms with van der Waals surface area (Å²) in [6.07, 6.45) is 1.45. The van der Waals surface area contributed by atoms with Gasteiger partial charge >= 0.3 is 0 Å². The molecule has 2 N–H and O–H groups in total. The SMILES string of the molecule is NCC(c1cc2c(nc1Cl)CCCC2)C(F)F. The minimum Gasteiger partial charge on any atom is -0.330 e. The molecule has 0 saturated carbocycles. The number of hydrogen-bond donors (Lipinski definition) is 1. The molecule has 1 unspecified atom stereocenters. The Morgan fingerprint density at radius 2 is 2.06 bits per heavy atom. The van der Waals surface area contributed by atoms with Gasteiger partial charge in [0.1, 0.15) is 5.15 Å². The van der Waals surface area contributed by atoms with E-state index in [0.29, 0.717) is 5.56 Å². The van der Waals surface area contributed by atoms with E-state index >= 15 is 0 Å². The molecule has 0 saturated heterocycles. The Labute approximate surface area is 104 Å². The molecule has 1 aliphatic rings. The van der Waals surface area contributed by atoms with Gasteiger partial charge in [0.05, 0.1) is 5.92 Å². The molecule has 0 radical (unpaired) electrons. The fraction of sp³-hybridized carbons (Fsp3) is 0.583. The van der Waals surface area contributed by atoms with Crippen LogP contribution in [0.25, 0.3) is 0 Å². The molecule has 0 aromatic carbocycles. The molecule has 0 spiro atoms. The van der Waals surface area contributed by atoms with Gasteiger partial charge in [0.15, 0.2) is 0 Å². The molecule has 1 aliphatic carbocycles. The van der Waals surface area contributed by atoms with Crippen LogP contribution in [0.15, 0.2) is 6.07 Å². The molecule has 94 valence electrons. The number of nitrogens with two attached hydrogens (primary N) is 1. The van der Waals surface area contributed by atoms with Crippen LogP contribution in [0.3, 0.4) is 0 Å². The summed E-state index contributed by atoms with van der Waals surface area (Å²) in [5.41, 5.74) is 7.78. The van der Waals surface area contributed by atoms with E-state index in [1.165, 1.54) is 0 Å². The number of pyridine rings is 1. The normalized spacial score (nSPS) is 17.0. The number of hydrogen-bond acceptors (Lipinski definition) is 2. The summed E-state index contributed by atoms with van der Waals surface area (Å²) < 4.78 is 25.7. The van der Waals surface area contributed by atoms with Gasteiger partial charge in [-0.25, -0.2) is 13.8 Å². The van der Waals surface area contributed by atoms with E-state index < -0.39 is 12.3 Å². The van der Waals surface area contributed by atoms with E-state index in [1.54, 1.807) is 6.07 Å². The molecule has 17 heavy (non-hydrogen) atoms. The molecule has 0 aliphatic heterocycles. The maximum Gasteiger partial charge on any atom is 0.246 e. The zero-order valence-corrected chi connectivity index (χ0v) is 10.2. The van der Waals surface area contributed by atoms with Crippen molar-refractivity contribution in [1.29, 1.82) is 0 Å². The number of nitrogens with zero attached hydrogens (tertiary/aromatic N) is 1. The minimum absolute atomic E-state index is 0.113. The van der Waals surface area contributed by atoms with E-state index in [-0.39, 0.29) is 11.7 Å². The third-order valence-electron chi connectivity index (χ3n) is 3.24. The standard InChI is InChI=1S/C12H15ClF2N2/c13-11-8(9(6-16)12(14)15)5-7-3-1-2-4-10(7)17-11/h5,9,12H,1-4,6,16H2. The van der Waals surface area contributed by atoms with Crippen molar-refractivity contribution in [3.05, 3.63) is 28.0 Å². The van der Waals surface area contributed by atoms with Gasteiger partial charge in [0.25, 0.3) is 0 Å². The Bertz CT molecular complexity index is 410. The Balaban J connectivity index is 2.40. The van der Waals surface area contributed by atoms with Gasteiger partial charge in [-0.2, -0.15) is 0 Å². The highest BCUT2D eigenvalue weighted by Gasteiger charge is 2.25. The zero-order chi connectivity index (χ0) is 12.4. The molecule has 0 bridgehead atoms. The topological polar surface area (TPSA) is 38.9 Å². The van der Waals surface area contributed by atoms with Crippen molar-refractivity contribution in [3.8, 4) is 0 Å². The Morgan fingerprint density at radius 1 is 1.35 bits per heavy atom. The summed E-state index contributed by atoms with van der Waals surface area (Å²) in [5, 5.41) is 0.182. The van der Waals surface area contributed by atoms with E-state index in [9.17, 15) is 8.78 Å². The fourth-order valence-corrected chi connectivity index (χ4v) is 2.55. The summed E-state index contributed by atoms with van der Waals surface area (Å²) in [4.78, 5) is 4.24. The summed E-state index contributed by atoms with van der Waals surface area (Å²) in [6.45, 7) is -0.113. The molecular weight excluding hydrogens is 246 g/mol. The van der Waals surface area contributed by atoms with Crippen molar-refractivity contribution in [2.75, 3.05) is 6.54 Å². The van der Waals surface area contributed by atoms with Gasteiger partial charge in [-0.05, 0) is 36.8 Å². The molecule has 1 atom stereocenters. The Hall–Kier alpha value is -0.740. The van der Waals surface area contributed by atoms with Crippen LogP contribution < -0.4 is 5.73 Å². The predicted molar refractivity (Wildman–Crippen MR) is 63.7 cm³/mol. The van der Waals surface area contributed by atoms with Crippen LogP contribution in [0.5, 0.6) is 0 Å². The maximum absolute atomic E-state index is 12.8. The van der Waals surface area contributed by atoms with Crippen molar-refractivity contribution in [3.63, 3.8) is 0 Å². The highest BCUT2D eigenvalue weighted by Crippen LogP contribution is 2.31. The second-order valence-corrected chi connectivity index (χ2v) is 4.72. The molecule has 5 heteroatoms. The number of aromatic nitrogens is 1. The Morgan fingerprint density at radius 3 is 2.71 bits per heavy atom. The molecular formula is C12H15ClF2N2. The average Bonchev–Trinajstić information content (AvgIpc) is 2.30. The van der Waals surface area contributed by atoms with Crippen molar-refractivity contribution in [1.82, 2.24) is 4.98 Å². The van der Waals surface area contributed by atoms with Crippen LogP contribution >= 0.6 is 11.6 Å².